The van der Waals surface area contributed by atoms with E-state index in [0.29, 0.717) is 13.0 Å². The highest BCUT2D eigenvalue weighted by Gasteiger charge is 2.11. The molecule has 1 N–H and O–H groups in total. The number of para-hydroxylation sites is 1. The monoisotopic (exact) mass is 332 g/mol. The van der Waals surface area contributed by atoms with Gasteiger partial charge in [-0.15, -0.1) is 11.3 Å². The van der Waals surface area contributed by atoms with Crippen molar-refractivity contribution in [3.05, 3.63) is 42.2 Å². The van der Waals surface area contributed by atoms with Crippen molar-refractivity contribution >= 4 is 39.2 Å². The molecule has 0 aliphatic heterocycles. The number of nitrogens with one attached hydrogen (secondary N) is 1. The lowest BCUT2D eigenvalue weighted by atomic mass is 10.3. The number of amides is 1. The van der Waals surface area contributed by atoms with Crippen molar-refractivity contribution < 1.29 is 9.21 Å². The van der Waals surface area contributed by atoms with Crippen LogP contribution in [-0.2, 0) is 11.3 Å². The molecular weight excluding hydrogens is 316 g/mol. The minimum Gasteiger partial charge on any atom is -0.457 e. The summed E-state index contributed by atoms with van der Waals surface area (Å²) in [5.41, 5.74) is 0.978. The molecule has 1 amide bonds. The van der Waals surface area contributed by atoms with Gasteiger partial charge in [0.2, 0.25) is 5.91 Å². The summed E-state index contributed by atoms with van der Waals surface area (Å²) in [6, 6.07) is 11.8. The largest absolute Gasteiger partial charge is 0.457 e. The van der Waals surface area contributed by atoms with Crippen LogP contribution in [0.2, 0.25) is 0 Å². The Bertz CT molecular complexity index is 746. The summed E-state index contributed by atoms with van der Waals surface area (Å²) in [5, 5.41) is 3.72. The Morgan fingerprint density at radius 2 is 2.18 bits per heavy atom. The van der Waals surface area contributed by atoms with Gasteiger partial charge in [-0.25, -0.2) is 4.98 Å². The first-order chi connectivity index (χ1) is 10.8. The summed E-state index contributed by atoms with van der Waals surface area (Å²) in [4.78, 5) is 16.2. The number of carbonyl (C=O) groups excluding carboxylic acids is 1. The zero-order chi connectivity index (χ0) is 15.4. The van der Waals surface area contributed by atoms with Gasteiger partial charge in [-0.3, -0.25) is 4.79 Å². The summed E-state index contributed by atoms with van der Waals surface area (Å²) >= 11 is 3.27. The number of carbonyl (C=O) groups is 1. The van der Waals surface area contributed by atoms with Gasteiger partial charge in [0.15, 0.2) is 10.8 Å². The standard InChI is InChI=1S/C16H16N2O2S2/c1-21-9-8-15(19)17-10-11-6-7-13(20-11)16-18-12-4-2-3-5-14(12)22-16/h2-7H,8-10H2,1H3,(H,17,19). The first-order valence-corrected chi connectivity index (χ1v) is 9.17. The average Bonchev–Trinajstić information content (AvgIpc) is 3.16. The number of thioether (sulfide) groups is 1. The van der Waals surface area contributed by atoms with E-state index >= 15 is 0 Å². The van der Waals surface area contributed by atoms with Gasteiger partial charge in [0.1, 0.15) is 5.76 Å². The lowest BCUT2D eigenvalue weighted by Gasteiger charge is -2.01. The zero-order valence-corrected chi connectivity index (χ0v) is 13.8. The number of rotatable bonds is 6. The van der Waals surface area contributed by atoms with Crippen LogP contribution in [0.1, 0.15) is 12.2 Å². The van der Waals surface area contributed by atoms with E-state index in [4.69, 9.17) is 4.42 Å². The number of thiazole rings is 1. The molecule has 0 bridgehead atoms. The molecular formula is C16H16N2O2S2. The Kier molecular flexibility index (Phi) is 4.80. The average molecular weight is 332 g/mol. The van der Waals surface area contributed by atoms with Gasteiger partial charge in [0.25, 0.3) is 0 Å². The van der Waals surface area contributed by atoms with Gasteiger partial charge in [-0.05, 0) is 30.5 Å². The molecule has 0 radical (unpaired) electrons. The van der Waals surface area contributed by atoms with Gasteiger partial charge in [0.05, 0.1) is 16.8 Å². The second-order valence-electron chi connectivity index (χ2n) is 4.77. The summed E-state index contributed by atoms with van der Waals surface area (Å²) in [6.45, 7) is 0.415. The van der Waals surface area contributed by atoms with E-state index in [1.165, 1.54) is 0 Å². The van der Waals surface area contributed by atoms with Crippen LogP contribution >= 0.6 is 23.1 Å². The normalized spacial score (nSPS) is 11.0. The third-order valence-corrected chi connectivity index (χ3v) is 4.82. The molecule has 1 aromatic carbocycles. The van der Waals surface area contributed by atoms with Gasteiger partial charge in [-0.2, -0.15) is 11.8 Å². The third kappa shape index (κ3) is 3.51. The Hall–Kier alpha value is -1.79. The number of fused-ring (bicyclic) bond motifs is 1. The molecule has 3 rings (SSSR count). The highest BCUT2D eigenvalue weighted by atomic mass is 32.2. The molecule has 0 aliphatic rings. The maximum absolute atomic E-state index is 11.6. The van der Waals surface area contributed by atoms with Crippen molar-refractivity contribution in [2.24, 2.45) is 0 Å². The van der Waals surface area contributed by atoms with Crippen LogP contribution in [0.25, 0.3) is 21.0 Å². The number of hydrogen-bond acceptors (Lipinski definition) is 5. The van der Waals surface area contributed by atoms with Crippen molar-refractivity contribution in [2.75, 3.05) is 12.0 Å². The van der Waals surface area contributed by atoms with Crippen LogP contribution in [0.5, 0.6) is 0 Å². The predicted molar refractivity (Wildman–Crippen MR) is 92.2 cm³/mol. The van der Waals surface area contributed by atoms with Crippen molar-refractivity contribution in [2.45, 2.75) is 13.0 Å². The summed E-state index contributed by atoms with van der Waals surface area (Å²) in [7, 11) is 0. The van der Waals surface area contributed by atoms with Gasteiger partial charge >= 0.3 is 0 Å². The van der Waals surface area contributed by atoms with E-state index in [9.17, 15) is 4.79 Å². The van der Waals surface area contributed by atoms with E-state index < -0.39 is 0 Å². The van der Waals surface area contributed by atoms with Crippen molar-refractivity contribution in [3.8, 4) is 10.8 Å². The minimum absolute atomic E-state index is 0.0484. The molecule has 2 heterocycles. The SMILES string of the molecule is CSCCC(=O)NCc1ccc(-c2nc3ccccc3s2)o1. The molecule has 0 spiro atoms. The van der Waals surface area contributed by atoms with Crippen molar-refractivity contribution in [3.63, 3.8) is 0 Å². The van der Waals surface area contributed by atoms with E-state index in [1.54, 1.807) is 23.1 Å². The fraction of sp³-hybridized carbons (Fsp3) is 0.250. The molecule has 6 heteroatoms. The highest BCUT2D eigenvalue weighted by Crippen LogP contribution is 2.31. The molecule has 0 aliphatic carbocycles. The molecule has 4 nitrogen and oxygen atoms in total. The minimum atomic E-state index is 0.0484. The number of aromatic nitrogens is 1. The van der Waals surface area contributed by atoms with Crippen LogP contribution in [-0.4, -0.2) is 22.9 Å². The smallest absolute Gasteiger partial charge is 0.221 e. The first kappa shape index (κ1) is 15.1. The molecule has 2 aromatic heterocycles. The Labute approximate surface area is 136 Å². The van der Waals surface area contributed by atoms with E-state index in [0.717, 1.165) is 32.5 Å². The molecule has 0 saturated heterocycles. The van der Waals surface area contributed by atoms with Crippen LogP contribution in [0, 0.1) is 0 Å². The predicted octanol–water partition coefficient (Wildman–Crippen LogP) is 3.93. The fourth-order valence-electron chi connectivity index (χ4n) is 2.03. The van der Waals surface area contributed by atoms with Crippen LogP contribution in [0.3, 0.4) is 0 Å². The van der Waals surface area contributed by atoms with Gasteiger partial charge in [0, 0.05) is 12.2 Å². The maximum atomic E-state index is 11.6. The number of nitrogens with zero attached hydrogens (tertiary/aromatic N) is 1. The summed E-state index contributed by atoms with van der Waals surface area (Å²) < 4.78 is 6.92. The maximum Gasteiger partial charge on any atom is 0.221 e. The quantitative estimate of drug-likeness (QED) is 0.743. The molecule has 0 atom stereocenters. The molecule has 0 saturated carbocycles. The number of benzene rings is 1. The number of furan rings is 1. The molecule has 0 unspecified atom stereocenters. The van der Waals surface area contributed by atoms with E-state index in [1.807, 2.05) is 42.7 Å². The molecule has 0 fully saturated rings. The second-order valence-corrected chi connectivity index (χ2v) is 6.79. The van der Waals surface area contributed by atoms with E-state index in [2.05, 4.69) is 10.3 Å². The van der Waals surface area contributed by atoms with E-state index in [-0.39, 0.29) is 5.91 Å². The Balaban J connectivity index is 1.67. The number of hydrogen-bond donors (Lipinski definition) is 1. The zero-order valence-electron chi connectivity index (χ0n) is 12.2. The Morgan fingerprint density at radius 1 is 1.32 bits per heavy atom. The van der Waals surface area contributed by atoms with Crippen LogP contribution in [0.4, 0.5) is 0 Å². The van der Waals surface area contributed by atoms with Crippen molar-refractivity contribution in [1.29, 1.82) is 0 Å². The lowest BCUT2D eigenvalue weighted by Crippen LogP contribution is -2.22. The molecule has 22 heavy (non-hydrogen) atoms. The topological polar surface area (TPSA) is 55.1 Å². The second kappa shape index (κ2) is 6.98. The summed E-state index contributed by atoms with van der Waals surface area (Å²) in [5.74, 6) is 2.37. The van der Waals surface area contributed by atoms with Crippen LogP contribution in [0.15, 0.2) is 40.8 Å². The third-order valence-electron chi connectivity index (χ3n) is 3.16. The first-order valence-electron chi connectivity index (χ1n) is 6.96. The van der Waals surface area contributed by atoms with Gasteiger partial charge in [-0.1, -0.05) is 12.1 Å². The highest BCUT2D eigenvalue weighted by molar-refractivity contribution is 7.98. The molecule has 3 aromatic rings. The van der Waals surface area contributed by atoms with Crippen LogP contribution < -0.4 is 5.32 Å². The fourth-order valence-corrected chi connectivity index (χ4v) is 3.35. The Morgan fingerprint density at radius 3 is 3.00 bits per heavy atom. The summed E-state index contributed by atoms with van der Waals surface area (Å²) in [6.07, 6.45) is 2.52. The molecule has 114 valence electrons. The lowest BCUT2D eigenvalue weighted by molar-refractivity contribution is -0.120. The van der Waals surface area contributed by atoms with Crippen molar-refractivity contribution in [1.82, 2.24) is 10.3 Å². The van der Waals surface area contributed by atoms with Gasteiger partial charge < -0.3 is 9.73 Å².